The maximum absolute atomic E-state index is 12.6. The quantitative estimate of drug-likeness (QED) is 0.496. The maximum atomic E-state index is 12.6. The van der Waals surface area contributed by atoms with E-state index in [2.05, 4.69) is 31.7 Å². The Balaban J connectivity index is 1.55. The van der Waals surface area contributed by atoms with Crippen molar-refractivity contribution >= 4 is 27.5 Å². The molecule has 2 N–H and O–H groups in total. The number of piperidine rings is 1. The molecule has 6 nitrogen and oxygen atoms in total. The van der Waals surface area contributed by atoms with Gasteiger partial charge in [-0.25, -0.2) is 0 Å². The van der Waals surface area contributed by atoms with Crippen molar-refractivity contribution in [2.24, 2.45) is 7.05 Å². The van der Waals surface area contributed by atoms with E-state index in [-0.39, 0.29) is 5.91 Å². The molecule has 7 heteroatoms. The largest absolute Gasteiger partial charge is 0.493 e. The second kappa shape index (κ2) is 10.1. The molecule has 1 aromatic heterocycles. The molecule has 1 aliphatic heterocycles. The normalized spacial score (nSPS) is 16.1. The second-order valence-electron chi connectivity index (χ2n) is 7.78. The fraction of sp³-hybridized carbons (Fsp3) is 0.333. The minimum atomic E-state index is -0.146. The van der Waals surface area contributed by atoms with E-state index < -0.39 is 0 Å². The van der Waals surface area contributed by atoms with Crippen molar-refractivity contribution in [2.75, 3.05) is 18.5 Å². The maximum Gasteiger partial charge on any atom is 0.255 e. The van der Waals surface area contributed by atoms with Gasteiger partial charge in [-0.05, 0) is 72.1 Å². The first-order chi connectivity index (χ1) is 15.1. The number of ether oxygens (including phenoxy) is 1. The number of aromatic nitrogens is 2. The van der Waals surface area contributed by atoms with Gasteiger partial charge in [0.1, 0.15) is 5.75 Å². The third-order valence-electron chi connectivity index (χ3n) is 5.56. The van der Waals surface area contributed by atoms with Crippen molar-refractivity contribution in [3.63, 3.8) is 0 Å². The Morgan fingerprint density at radius 2 is 2.10 bits per heavy atom. The first-order valence-electron chi connectivity index (χ1n) is 10.7. The number of carbonyl (C=O) groups excluding carboxylic acids is 1. The first kappa shape index (κ1) is 21.6. The van der Waals surface area contributed by atoms with Gasteiger partial charge in [0.05, 0.1) is 23.0 Å². The molecule has 1 fully saturated rings. The highest BCUT2D eigenvalue weighted by Crippen LogP contribution is 2.37. The fourth-order valence-corrected chi connectivity index (χ4v) is 4.47. The Labute approximate surface area is 191 Å². The van der Waals surface area contributed by atoms with Crippen LogP contribution < -0.4 is 15.4 Å². The molecule has 2 aromatic carbocycles. The van der Waals surface area contributed by atoms with Crippen LogP contribution in [0.25, 0.3) is 11.3 Å². The highest BCUT2D eigenvalue weighted by atomic mass is 79.9. The number of nitrogens with zero attached hydrogens (tertiary/aromatic N) is 2. The van der Waals surface area contributed by atoms with E-state index in [1.54, 1.807) is 23.0 Å². The summed E-state index contributed by atoms with van der Waals surface area (Å²) < 4.78 is 8.88. The number of nitrogens with one attached hydrogen (secondary N) is 2. The predicted molar refractivity (Wildman–Crippen MR) is 126 cm³/mol. The van der Waals surface area contributed by atoms with Crippen LogP contribution >= 0.6 is 15.9 Å². The van der Waals surface area contributed by atoms with Gasteiger partial charge in [-0.15, -0.1) is 0 Å². The zero-order valence-corrected chi connectivity index (χ0v) is 19.2. The third-order valence-corrected chi connectivity index (χ3v) is 6.14. The zero-order chi connectivity index (χ0) is 21.6. The molecule has 1 saturated heterocycles. The van der Waals surface area contributed by atoms with Crippen LogP contribution in [0.15, 0.2) is 59.2 Å². The van der Waals surface area contributed by atoms with Crippen molar-refractivity contribution < 1.29 is 9.53 Å². The fourth-order valence-electron chi connectivity index (χ4n) is 3.91. The van der Waals surface area contributed by atoms with E-state index in [9.17, 15) is 4.79 Å². The molecule has 0 aliphatic carbocycles. The summed E-state index contributed by atoms with van der Waals surface area (Å²) in [6.45, 7) is 1.73. The summed E-state index contributed by atoms with van der Waals surface area (Å²) in [6, 6.07) is 15.4. The standard InChI is InChI=1S/C24H27BrN4O2/c1-29-23(21(25)16-27-29)20-15-19(28-24(30)17-7-3-2-4-8-17)10-11-22(20)31-14-12-18-9-5-6-13-26-18/h2-4,7-8,10-11,15-16,18,26H,5-6,9,12-14H2,1H3,(H,28,30). The van der Waals surface area contributed by atoms with E-state index in [1.807, 2.05) is 43.4 Å². The predicted octanol–water partition coefficient (Wildman–Crippen LogP) is 5.01. The molecule has 1 unspecified atom stereocenters. The Morgan fingerprint density at radius 1 is 1.26 bits per heavy atom. The molecular formula is C24H27BrN4O2. The number of halogens is 1. The minimum absolute atomic E-state index is 0.146. The number of hydrogen-bond donors (Lipinski definition) is 2. The molecule has 1 aliphatic rings. The van der Waals surface area contributed by atoms with Gasteiger partial charge < -0.3 is 15.4 Å². The van der Waals surface area contributed by atoms with Crippen LogP contribution in [0, 0.1) is 0 Å². The molecule has 31 heavy (non-hydrogen) atoms. The van der Waals surface area contributed by atoms with E-state index in [1.165, 1.54) is 19.3 Å². The van der Waals surface area contributed by atoms with Crippen LogP contribution in [0.1, 0.15) is 36.0 Å². The van der Waals surface area contributed by atoms with Crippen LogP contribution in [0.5, 0.6) is 5.75 Å². The van der Waals surface area contributed by atoms with Crippen LogP contribution in [-0.2, 0) is 7.05 Å². The van der Waals surface area contributed by atoms with E-state index in [0.29, 0.717) is 23.9 Å². The molecule has 0 spiro atoms. The molecular weight excluding hydrogens is 456 g/mol. The van der Waals surface area contributed by atoms with E-state index >= 15 is 0 Å². The van der Waals surface area contributed by atoms with Crippen LogP contribution in [0.2, 0.25) is 0 Å². The van der Waals surface area contributed by atoms with Crippen LogP contribution in [0.4, 0.5) is 5.69 Å². The van der Waals surface area contributed by atoms with Crippen LogP contribution in [0.3, 0.4) is 0 Å². The van der Waals surface area contributed by atoms with Gasteiger partial charge >= 0.3 is 0 Å². The Bertz CT molecular complexity index is 1010. The monoisotopic (exact) mass is 482 g/mol. The Morgan fingerprint density at radius 3 is 2.81 bits per heavy atom. The average Bonchev–Trinajstić information content (AvgIpc) is 3.13. The molecule has 0 radical (unpaired) electrons. The van der Waals surface area contributed by atoms with Crippen molar-refractivity contribution in [1.29, 1.82) is 0 Å². The third kappa shape index (κ3) is 5.35. The summed E-state index contributed by atoms with van der Waals surface area (Å²) in [6.07, 6.45) is 6.47. The number of anilines is 1. The SMILES string of the molecule is Cn1ncc(Br)c1-c1cc(NC(=O)c2ccccc2)ccc1OCCC1CCCCN1. The van der Waals surface area contributed by atoms with Crippen molar-refractivity contribution in [2.45, 2.75) is 31.7 Å². The lowest BCUT2D eigenvalue weighted by atomic mass is 10.0. The summed E-state index contributed by atoms with van der Waals surface area (Å²) in [7, 11) is 1.89. The smallest absolute Gasteiger partial charge is 0.255 e. The molecule has 4 rings (SSSR count). The molecule has 162 valence electrons. The van der Waals surface area contributed by atoms with Crippen molar-refractivity contribution in [3.8, 4) is 17.0 Å². The molecule has 0 saturated carbocycles. The number of amides is 1. The first-order valence-corrected chi connectivity index (χ1v) is 11.5. The topological polar surface area (TPSA) is 68.2 Å². The lowest BCUT2D eigenvalue weighted by Crippen LogP contribution is -2.35. The number of aryl methyl sites for hydroxylation is 1. The summed E-state index contributed by atoms with van der Waals surface area (Å²) in [5.74, 6) is 0.630. The Hall–Kier alpha value is -2.64. The lowest BCUT2D eigenvalue weighted by molar-refractivity contribution is 0.102. The summed E-state index contributed by atoms with van der Waals surface area (Å²) in [5, 5.41) is 10.9. The second-order valence-corrected chi connectivity index (χ2v) is 8.63. The zero-order valence-electron chi connectivity index (χ0n) is 17.6. The van der Waals surface area contributed by atoms with Gasteiger partial charge in [0.15, 0.2) is 0 Å². The summed E-state index contributed by atoms with van der Waals surface area (Å²) in [5.41, 5.74) is 3.11. The average molecular weight is 483 g/mol. The lowest BCUT2D eigenvalue weighted by Gasteiger charge is -2.23. The van der Waals surface area contributed by atoms with Gasteiger partial charge in [-0.2, -0.15) is 5.10 Å². The summed E-state index contributed by atoms with van der Waals surface area (Å²) >= 11 is 3.59. The molecule has 1 amide bonds. The van der Waals surface area contributed by atoms with Crippen LogP contribution in [-0.4, -0.2) is 34.9 Å². The van der Waals surface area contributed by atoms with Gasteiger partial charge in [0, 0.05) is 29.9 Å². The number of hydrogen-bond acceptors (Lipinski definition) is 4. The highest BCUT2D eigenvalue weighted by Gasteiger charge is 2.18. The highest BCUT2D eigenvalue weighted by molar-refractivity contribution is 9.10. The van der Waals surface area contributed by atoms with E-state index in [0.717, 1.165) is 34.4 Å². The van der Waals surface area contributed by atoms with Gasteiger partial charge in [-0.1, -0.05) is 24.6 Å². The number of rotatable bonds is 7. The molecule has 0 bridgehead atoms. The van der Waals surface area contributed by atoms with E-state index in [4.69, 9.17) is 4.74 Å². The molecule has 3 aromatic rings. The minimum Gasteiger partial charge on any atom is -0.493 e. The molecule has 1 atom stereocenters. The number of benzene rings is 2. The molecule has 2 heterocycles. The van der Waals surface area contributed by atoms with Gasteiger partial charge in [0.2, 0.25) is 0 Å². The summed E-state index contributed by atoms with van der Waals surface area (Å²) in [4.78, 5) is 12.6. The van der Waals surface area contributed by atoms with Gasteiger partial charge in [0.25, 0.3) is 5.91 Å². The van der Waals surface area contributed by atoms with Crippen molar-refractivity contribution in [3.05, 3.63) is 64.8 Å². The Kier molecular flexibility index (Phi) is 7.04. The van der Waals surface area contributed by atoms with Crippen molar-refractivity contribution in [1.82, 2.24) is 15.1 Å². The van der Waals surface area contributed by atoms with Gasteiger partial charge in [-0.3, -0.25) is 9.48 Å². The number of carbonyl (C=O) groups is 1.